The number of hydrogen-bond donors (Lipinski definition) is 1. The zero-order valence-corrected chi connectivity index (χ0v) is 11.6. The molecule has 0 aliphatic heterocycles. The van der Waals surface area contributed by atoms with E-state index in [1.54, 1.807) is 13.2 Å². The zero-order valence-electron chi connectivity index (χ0n) is 11.6. The van der Waals surface area contributed by atoms with E-state index in [0.29, 0.717) is 11.5 Å². The van der Waals surface area contributed by atoms with Crippen molar-refractivity contribution in [3.05, 3.63) is 41.2 Å². The fourth-order valence-corrected chi connectivity index (χ4v) is 1.72. The second kappa shape index (κ2) is 6.06. The van der Waals surface area contributed by atoms with Crippen LogP contribution in [0.5, 0.6) is 11.5 Å². The Balaban J connectivity index is 2.29. The topological polar surface area (TPSA) is 64.2 Å². The fourth-order valence-electron chi connectivity index (χ4n) is 1.72. The van der Waals surface area contributed by atoms with Gasteiger partial charge in [0.25, 0.3) is 0 Å². The van der Waals surface area contributed by atoms with Crippen LogP contribution in [0.25, 0.3) is 12.2 Å². The van der Waals surface area contributed by atoms with Gasteiger partial charge < -0.3 is 9.47 Å². The molecule has 0 aliphatic rings. The summed E-state index contributed by atoms with van der Waals surface area (Å²) in [4.78, 5) is 11.1. The molecule has 0 saturated carbocycles. The molecule has 2 aromatic rings. The highest BCUT2D eigenvalue weighted by atomic mass is 16.5. The van der Waals surface area contributed by atoms with Gasteiger partial charge in [0.2, 0.25) is 0 Å². The molecule has 0 fully saturated rings. The summed E-state index contributed by atoms with van der Waals surface area (Å²) in [5, 5.41) is 6.97. The van der Waals surface area contributed by atoms with Crippen LogP contribution in [0, 0.1) is 6.92 Å². The van der Waals surface area contributed by atoms with Crippen molar-refractivity contribution in [2.24, 2.45) is 0 Å². The van der Waals surface area contributed by atoms with Crippen molar-refractivity contribution in [1.29, 1.82) is 0 Å². The summed E-state index contributed by atoms with van der Waals surface area (Å²) in [7, 11) is 1.56. The number of nitrogens with one attached hydrogen (secondary N) is 1. The van der Waals surface area contributed by atoms with Crippen molar-refractivity contribution in [2.45, 2.75) is 13.8 Å². The largest absolute Gasteiger partial charge is 0.497 e. The second-order valence-electron chi connectivity index (χ2n) is 4.31. The van der Waals surface area contributed by atoms with Crippen LogP contribution >= 0.6 is 0 Å². The Bertz CT molecular complexity index is 644. The lowest BCUT2D eigenvalue weighted by Crippen LogP contribution is -2.03. The molecule has 1 N–H and O–H groups in total. The molecule has 104 valence electrons. The van der Waals surface area contributed by atoms with Crippen LogP contribution in [0.4, 0.5) is 0 Å². The van der Waals surface area contributed by atoms with Crippen LogP contribution in [0.1, 0.15) is 23.9 Å². The Kier molecular flexibility index (Phi) is 4.20. The van der Waals surface area contributed by atoms with Crippen LogP contribution in [0.15, 0.2) is 24.3 Å². The molecule has 0 aliphatic carbocycles. The molecule has 5 nitrogen and oxygen atoms in total. The fraction of sp³-hybridized carbons (Fsp3) is 0.200. The van der Waals surface area contributed by atoms with Gasteiger partial charge in [0.15, 0.2) is 0 Å². The average molecular weight is 272 g/mol. The number of aromatic amines is 1. The number of carbonyl (C=O) groups excluding carboxylic acids is 1. The van der Waals surface area contributed by atoms with Gasteiger partial charge in [0.05, 0.1) is 12.8 Å². The van der Waals surface area contributed by atoms with E-state index in [1.165, 1.54) is 6.92 Å². The molecule has 1 aromatic heterocycles. The maximum atomic E-state index is 11.1. The van der Waals surface area contributed by atoms with E-state index in [-0.39, 0.29) is 5.97 Å². The first-order chi connectivity index (χ1) is 9.58. The van der Waals surface area contributed by atoms with Gasteiger partial charge in [-0.25, -0.2) is 0 Å². The lowest BCUT2D eigenvalue weighted by Gasteiger charge is -2.07. The van der Waals surface area contributed by atoms with Gasteiger partial charge in [-0.1, -0.05) is 0 Å². The number of hydrogen-bond acceptors (Lipinski definition) is 4. The first kappa shape index (κ1) is 13.9. The predicted molar refractivity (Wildman–Crippen MR) is 76.6 cm³/mol. The zero-order chi connectivity index (χ0) is 14.5. The van der Waals surface area contributed by atoms with E-state index in [2.05, 4.69) is 10.2 Å². The third kappa shape index (κ3) is 3.47. The molecule has 0 atom stereocenters. The Labute approximate surface area is 117 Å². The minimum atomic E-state index is -0.372. The monoisotopic (exact) mass is 272 g/mol. The van der Waals surface area contributed by atoms with E-state index in [4.69, 9.17) is 9.47 Å². The molecule has 0 unspecified atom stereocenters. The number of benzene rings is 1. The summed E-state index contributed by atoms with van der Waals surface area (Å²) in [6.45, 7) is 3.30. The Hall–Kier alpha value is -2.56. The summed E-state index contributed by atoms with van der Waals surface area (Å²) < 4.78 is 10.3. The molecule has 0 amide bonds. The highest BCUT2D eigenvalue weighted by Crippen LogP contribution is 2.26. The number of aromatic nitrogens is 2. The number of rotatable bonds is 4. The Morgan fingerprint density at radius 3 is 2.70 bits per heavy atom. The quantitative estimate of drug-likeness (QED) is 0.686. The highest BCUT2D eigenvalue weighted by molar-refractivity contribution is 5.76. The summed E-state index contributed by atoms with van der Waals surface area (Å²) in [5.74, 6) is 0.720. The molecule has 1 heterocycles. The minimum Gasteiger partial charge on any atom is -0.497 e. The van der Waals surface area contributed by atoms with E-state index in [1.807, 2.05) is 37.3 Å². The third-order valence-electron chi connectivity index (χ3n) is 2.63. The number of ether oxygens (including phenoxy) is 2. The number of nitrogens with zero attached hydrogens (tertiary/aromatic N) is 1. The summed E-state index contributed by atoms with van der Waals surface area (Å²) in [6.07, 6.45) is 3.69. The summed E-state index contributed by atoms with van der Waals surface area (Å²) in [6, 6.07) is 7.23. The van der Waals surface area contributed by atoms with Gasteiger partial charge in [-0.2, -0.15) is 5.10 Å². The highest BCUT2D eigenvalue weighted by Gasteiger charge is 2.06. The molecule has 0 bridgehead atoms. The van der Waals surface area contributed by atoms with E-state index < -0.39 is 0 Å². The molecular formula is C15H16N2O3. The van der Waals surface area contributed by atoms with Crippen LogP contribution in [-0.2, 0) is 4.79 Å². The first-order valence-corrected chi connectivity index (χ1v) is 6.15. The Morgan fingerprint density at radius 2 is 2.10 bits per heavy atom. The standard InChI is InChI=1S/C15H16N2O3/c1-10-8-13(17-16-10)6-4-12-5-7-14(19-3)9-15(12)20-11(2)18/h4-9H,1-3H3,(H,16,17)/b6-4+. The van der Waals surface area contributed by atoms with Gasteiger partial charge >= 0.3 is 5.97 Å². The van der Waals surface area contributed by atoms with Gasteiger partial charge in [-0.05, 0) is 37.3 Å². The smallest absolute Gasteiger partial charge is 0.308 e. The van der Waals surface area contributed by atoms with Gasteiger partial charge in [-0.3, -0.25) is 9.89 Å². The second-order valence-corrected chi connectivity index (χ2v) is 4.31. The van der Waals surface area contributed by atoms with Gasteiger partial charge in [0, 0.05) is 24.2 Å². The van der Waals surface area contributed by atoms with Gasteiger partial charge in [-0.15, -0.1) is 0 Å². The van der Waals surface area contributed by atoms with Crippen molar-refractivity contribution < 1.29 is 14.3 Å². The maximum Gasteiger partial charge on any atom is 0.308 e. The molecule has 0 radical (unpaired) electrons. The number of esters is 1. The van der Waals surface area contributed by atoms with Crippen LogP contribution in [0.2, 0.25) is 0 Å². The molecule has 0 spiro atoms. The maximum absolute atomic E-state index is 11.1. The molecule has 1 aromatic carbocycles. The van der Waals surface area contributed by atoms with E-state index in [9.17, 15) is 4.79 Å². The van der Waals surface area contributed by atoms with Crippen LogP contribution < -0.4 is 9.47 Å². The SMILES string of the molecule is COc1ccc(/C=C/c2cc(C)[nH]n2)c(OC(C)=O)c1. The number of H-pyrrole nitrogens is 1. The molecule has 20 heavy (non-hydrogen) atoms. The number of carbonyl (C=O) groups is 1. The Morgan fingerprint density at radius 1 is 1.30 bits per heavy atom. The van der Waals surface area contributed by atoms with Crippen molar-refractivity contribution in [3.8, 4) is 11.5 Å². The number of aryl methyl sites for hydroxylation is 1. The molecular weight excluding hydrogens is 256 g/mol. The van der Waals surface area contributed by atoms with Crippen molar-refractivity contribution >= 4 is 18.1 Å². The first-order valence-electron chi connectivity index (χ1n) is 6.15. The average Bonchev–Trinajstić information content (AvgIpc) is 2.82. The van der Waals surface area contributed by atoms with Crippen molar-refractivity contribution in [1.82, 2.24) is 10.2 Å². The lowest BCUT2D eigenvalue weighted by atomic mass is 10.1. The molecule has 2 rings (SSSR count). The minimum absolute atomic E-state index is 0.372. The van der Waals surface area contributed by atoms with Crippen LogP contribution in [0.3, 0.4) is 0 Å². The van der Waals surface area contributed by atoms with E-state index in [0.717, 1.165) is 17.0 Å². The summed E-state index contributed by atoms with van der Waals surface area (Å²) >= 11 is 0. The predicted octanol–water partition coefficient (Wildman–Crippen LogP) is 2.82. The molecule has 5 heteroatoms. The van der Waals surface area contributed by atoms with Gasteiger partial charge in [0.1, 0.15) is 11.5 Å². The third-order valence-corrected chi connectivity index (χ3v) is 2.63. The van der Waals surface area contributed by atoms with Crippen molar-refractivity contribution in [3.63, 3.8) is 0 Å². The molecule has 0 saturated heterocycles. The van der Waals surface area contributed by atoms with E-state index >= 15 is 0 Å². The lowest BCUT2D eigenvalue weighted by molar-refractivity contribution is -0.131. The normalized spacial score (nSPS) is 10.8. The number of methoxy groups -OCH3 is 1. The summed E-state index contributed by atoms with van der Waals surface area (Å²) in [5.41, 5.74) is 2.58. The van der Waals surface area contributed by atoms with Crippen LogP contribution in [-0.4, -0.2) is 23.3 Å². The van der Waals surface area contributed by atoms with Crippen molar-refractivity contribution in [2.75, 3.05) is 7.11 Å².